The van der Waals surface area contributed by atoms with Crippen molar-refractivity contribution in [3.05, 3.63) is 0 Å². The van der Waals surface area contributed by atoms with Gasteiger partial charge in [-0.3, -0.25) is 9.69 Å². The van der Waals surface area contributed by atoms with Gasteiger partial charge in [-0.05, 0) is 45.1 Å². The topological polar surface area (TPSA) is 52.6 Å². The van der Waals surface area contributed by atoms with Gasteiger partial charge in [-0.25, -0.2) is 0 Å². The van der Waals surface area contributed by atoms with Gasteiger partial charge < -0.3 is 10.4 Å². The van der Waals surface area contributed by atoms with Gasteiger partial charge in [0, 0.05) is 12.1 Å². The first-order chi connectivity index (χ1) is 8.52. The lowest BCUT2D eigenvalue weighted by Gasteiger charge is -2.23. The van der Waals surface area contributed by atoms with Crippen LogP contribution in [0.3, 0.4) is 0 Å². The molecule has 18 heavy (non-hydrogen) atoms. The smallest absolute Gasteiger partial charge is 0.234 e. The monoisotopic (exact) mass is 256 g/mol. The highest BCUT2D eigenvalue weighted by molar-refractivity contribution is 5.78. The Morgan fingerprint density at radius 1 is 1.39 bits per heavy atom. The van der Waals surface area contributed by atoms with Crippen LogP contribution in [0.1, 0.15) is 46.5 Å². The average molecular weight is 256 g/mol. The fourth-order valence-electron chi connectivity index (χ4n) is 2.47. The average Bonchev–Trinajstić information content (AvgIpc) is 2.73. The Hall–Kier alpha value is -0.610. The standard InChI is InChI=1S/C14H28N2O2/c1-11(2)6-7-12(3)15-14(18)9-16-8-4-5-13(16)10-17/h11-13,17H,4-10H2,1-3H3,(H,15,18)/t12?,13-/m1/s1. The number of hydrogen-bond acceptors (Lipinski definition) is 3. The molecule has 1 amide bonds. The quantitative estimate of drug-likeness (QED) is 0.723. The van der Waals surface area contributed by atoms with Gasteiger partial charge in [-0.1, -0.05) is 13.8 Å². The minimum absolute atomic E-state index is 0.0895. The van der Waals surface area contributed by atoms with Gasteiger partial charge in [0.15, 0.2) is 0 Å². The van der Waals surface area contributed by atoms with Gasteiger partial charge >= 0.3 is 0 Å². The molecule has 2 N–H and O–H groups in total. The third-order valence-electron chi connectivity index (χ3n) is 3.64. The number of aliphatic hydroxyl groups excluding tert-OH is 1. The van der Waals surface area contributed by atoms with Gasteiger partial charge in [-0.15, -0.1) is 0 Å². The SMILES string of the molecule is CC(C)CCC(C)NC(=O)CN1CCC[C@@H]1CO. The number of rotatable bonds is 7. The van der Waals surface area contributed by atoms with Gasteiger partial charge in [0.1, 0.15) is 0 Å². The first-order valence-electron chi connectivity index (χ1n) is 7.17. The second-order valence-corrected chi connectivity index (χ2v) is 5.89. The molecule has 4 heteroatoms. The van der Waals surface area contributed by atoms with Crippen molar-refractivity contribution in [1.29, 1.82) is 0 Å². The van der Waals surface area contributed by atoms with Crippen LogP contribution in [0.25, 0.3) is 0 Å². The predicted molar refractivity (Wildman–Crippen MR) is 73.4 cm³/mol. The number of hydrogen-bond donors (Lipinski definition) is 2. The van der Waals surface area contributed by atoms with Crippen molar-refractivity contribution >= 4 is 5.91 Å². The van der Waals surface area contributed by atoms with Crippen LogP contribution in [0.2, 0.25) is 0 Å². The number of nitrogens with one attached hydrogen (secondary N) is 1. The molecular weight excluding hydrogens is 228 g/mol. The van der Waals surface area contributed by atoms with Crippen molar-refractivity contribution in [2.45, 2.75) is 58.5 Å². The van der Waals surface area contributed by atoms with Crippen molar-refractivity contribution < 1.29 is 9.90 Å². The third kappa shape index (κ3) is 5.36. The molecule has 106 valence electrons. The molecule has 4 nitrogen and oxygen atoms in total. The molecule has 1 unspecified atom stereocenters. The summed E-state index contributed by atoms with van der Waals surface area (Å²) in [5.41, 5.74) is 0. The first kappa shape index (κ1) is 15.4. The second-order valence-electron chi connectivity index (χ2n) is 5.89. The molecule has 0 radical (unpaired) electrons. The van der Waals surface area contributed by atoms with Crippen LogP contribution >= 0.6 is 0 Å². The van der Waals surface area contributed by atoms with Crippen LogP contribution in [0.4, 0.5) is 0 Å². The van der Waals surface area contributed by atoms with Gasteiger partial charge in [0.05, 0.1) is 13.2 Å². The molecule has 0 aliphatic carbocycles. The Morgan fingerprint density at radius 2 is 2.11 bits per heavy atom. The van der Waals surface area contributed by atoms with Crippen LogP contribution in [-0.4, -0.2) is 47.7 Å². The van der Waals surface area contributed by atoms with E-state index in [2.05, 4.69) is 31.0 Å². The third-order valence-corrected chi connectivity index (χ3v) is 3.64. The van der Waals surface area contributed by atoms with E-state index in [0.717, 1.165) is 32.2 Å². The molecule has 0 saturated carbocycles. The molecule has 1 aliphatic heterocycles. The van der Waals surface area contributed by atoms with Crippen molar-refractivity contribution in [2.75, 3.05) is 19.7 Å². The number of nitrogens with zero attached hydrogens (tertiary/aromatic N) is 1. The summed E-state index contributed by atoms with van der Waals surface area (Å²) in [7, 11) is 0. The van der Waals surface area contributed by atoms with Crippen molar-refractivity contribution in [3.63, 3.8) is 0 Å². The van der Waals surface area contributed by atoms with Crippen molar-refractivity contribution in [1.82, 2.24) is 10.2 Å². The Kier molecular flexibility index (Phi) is 6.65. The fourth-order valence-corrected chi connectivity index (χ4v) is 2.47. The minimum atomic E-state index is 0.0895. The summed E-state index contributed by atoms with van der Waals surface area (Å²) >= 11 is 0. The number of amides is 1. The molecule has 0 aromatic heterocycles. The summed E-state index contributed by atoms with van der Waals surface area (Å²) < 4.78 is 0. The van der Waals surface area contributed by atoms with Gasteiger partial charge in [0.25, 0.3) is 0 Å². The lowest BCUT2D eigenvalue weighted by atomic mass is 10.0. The molecule has 0 aromatic carbocycles. The summed E-state index contributed by atoms with van der Waals surface area (Å²) in [5.74, 6) is 0.772. The number of likely N-dealkylation sites (tertiary alicyclic amines) is 1. The normalized spacial score (nSPS) is 22.4. The van der Waals surface area contributed by atoms with Crippen LogP contribution in [0.15, 0.2) is 0 Å². The van der Waals surface area contributed by atoms with Crippen LogP contribution in [0, 0.1) is 5.92 Å². The van der Waals surface area contributed by atoms with Crippen molar-refractivity contribution in [2.24, 2.45) is 5.92 Å². The van der Waals surface area contributed by atoms with Crippen LogP contribution < -0.4 is 5.32 Å². The maximum Gasteiger partial charge on any atom is 0.234 e. The number of carbonyl (C=O) groups is 1. The molecule has 0 bridgehead atoms. The number of carbonyl (C=O) groups excluding carboxylic acids is 1. The first-order valence-corrected chi connectivity index (χ1v) is 7.17. The zero-order chi connectivity index (χ0) is 13.5. The Labute approximate surface area is 111 Å². The molecule has 0 spiro atoms. The summed E-state index contributed by atoms with van der Waals surface area (Å²) in [6, 6.07) is 0.428. The van der Waals surface area contributed by atoms with E-state index in [4.69, 9.17) is 0 Å². The molecule has 1 aliphatic rings. The maximum absolute atomic E-state index is 11.9. The maximum atomic E-state index is 11.9. The van der Waals surface area contributed by atoms with E-state index in [1.165, 1.54) is 0 Å². The van der Waals surface area contributed by atoms with E-state index in [-0.39, 0.29) is 24.6 Å². The van der Waals surface area contributed by atoms with Crippen LogP contribution in [-0.2, 0) is 4.79 Å². The molecule has 1 fully saturated rings. The highest BCUT2D eigenvalue weighted by atomic mass is 16.3. The lowest BCUT2D eigenvalue weighted by Crippen LogP contribution is -2.43. The second kappa shape index (κ2) is 7.74. The van der Waals surface area contributed by atoms with Crippen LogP contribution in [0.5, 0.6) is 0 Å². The molecule has 1 rings (SSSR count). The number of aliphatic hydroxyl groups is 1. The highest BCUT2D eigenvalue weighted by Gasteiger charge is 2.25. The van der Waals surface area contributed by atoms with E-state index < -0.39 is 0 Å². The molecule has 1 heterocycles. The van der Waals surface area contributed by atoms with Crippen molar-refractivity contribution in [3.8, 4) is 0 Å². The largest absolute Gasteiger partial charge is 0.395 e. The minimum Gasteiger partial charge on any atom is -0.395 e. The lowest BCUT2D eigenvalue weighted by molar-refractivity contribution is -0.123. The zero-order valence-electron chi connectivity index (χ0n) is 12.0. The molecule has 0 aromatic rings. The van der Waals surface area contributed by atoms with E-state index in [9.17, 15) is 9.90 Å². The van der Waals surface area contributed by atoms with E-state index >= 15 is 0 Å². The van der Waals surface area contributed by atoms with E-state index in [1.807, 2.05) is 0 Å². The molecule has 1 saturated heterocycles. The van der Waals surface area contributed by atoms with Gasteiger partial charge in [-0.2, -0.15) is 0 Å². The molecular formula is C14H28N2O2. The highest BCUT2D eigenvalue weighted by Crippen LogP contribution is 2.15. The zero-order valence-corrected chi connectivity index (χ0v) is 12.0. The Balaban J connectivity index is 2.24. The van der Waals surface area contributed by atoms with E-state index in [0.29, 0.717) is 12.5 Å². The Bertz CT molecular complexity index is 256. The molecule has 2 atom stereocenters. The van der Waals surface area contributed by atoms with Gasteiger partial charge in [0.2, 0.25) is 5.91 Å². The Morgan fingerprint density at radius 3 is 2.72 bits per heavy atom. The summed E-state index contributed by atoms with van der Waals surface area (Å²) in [4.78, 5) is 14.0. The summed E-state index contributed by atoms with van der Waals surface area (Å²) in [5, 5.41) is 12.2. The summed E-state index contributed by atoms with van der Waals surface area (Å²) in [6.45, 7) is 7.98. The fraction of sp³-hybridized carbons (Fsp3) is 0.929. The predicted octanol–water partition coefficient (Wildman–Crippen LogP) is 1.38. The van der Waals surface area contributed by atoms with E-state index in [1.54, 1.807) is 0 Å². The summed E-state index contributed by atoms with van der Waals surface area (Å²) in [6.07, 6.45) is 4.27.